The number of nitrogens with zero attached hydrogens (tertiary/aromatic N) is 4. The summed E-state index contributed by atoms with van der Waals surface area (Å²) in [7, 11) is 0. The molecule has 0 spiro atoms. The molecule has 0 bridgehead atoms. The monoisotopic (exact) mass is 564 g/mol. The smallest absolute Gasteiger partial charge is 0.335 e. The Morgan fingerprint density at radius 2 is 2.03 bits per heavy atom. The number of hydrogen-bond donors (Lipinski definition) is 1. The third kappa shape index (κ3) is 5.65. The van der Waals surface area contributed by atoms with Gasteiger partial charge in [0.1, 0.15) is 18.2 Å². The van der Waals surface area contributed by atoms with Gasteiger partial charge in [-0.2, -0.15) is 0 Å². The lowest BCUT2D eigenvalue weighted by Crippen LogP contribution is -2.32. The molecule has 1 saturated heterocycles. The summed E-state index contributed by atoms with van der Waals surface area (Å²) < 4.78 is 13.7. The van der Waals surface area contributed by atoms with Gasteiger partial charge >= 0.3 is 5.97 Å². The standard InChI is InChI=1S/C29H26Cl2N4O4/c30-21-2-4-27(24(31)13-21)39-17-22-11-18(5-8-32-22)20-6-9-34(14-20)16-28-33-25-3-1-19(29(36)37)12-26(25)35(28)15-23-7-10-38-23/h1-6,8,11-13,23H,7,9-10,14-17H2,(H,36,37)/t23-/m0/s1. The van der Waals surface area contributed by atoms with Crippen molar-refractivity contribution in [1.82, 2.24) is 19.4 Å². The van der Waals surface area contributed by atoms with Crippen LogP contribution in [-0.2, 0) is 24.4 Å². The number of aromatic nitrogens is 3. The fraction of sp³-hybridized carbons (Fsp3) is 0.276. The molecule has 0 radical (unpaired) electrons. The molecule has 8 nitrogen and oxygen atoms in total. The van der Waals surface area contributed by atoms with Crippen molar-refractivity contribution >= 4 is 45.8 Å². The predicted octanol–water partition coefficient (Wildman–Crippen LogP) is 5.70. The molecule has 2 aromatic heterocycles. The van der Waals surface area contributed by atoms with Crippen molar-refractivity contribution in [3.05, 3.63) is 93.5 Å². The number of halogens is 2. The number of ether oxygens (including phenoxy) is 2. The van der Waals surface area contributed by atoms with Crippen LogP contribution < -0.4 is 4.74 Å². The van der Waals surface area contributed by atoms with E-state index in [1.54, 1.807) is 42.6 Å². The van der Waals surface area contributed by atoms with E-state index in [-0.39, 0.29) is 18.3 Å². The normalized spacial score (nSPS) is 17.3. The van der Waals surface area contributed by atoms with E-state index in [0.717, 1.165) is 54.2 Å². The second-order valence-corrected chi connectivity index (χ2v) is 10.6. The number of aromatic carboxylic acids is 1. The zero-order valence-corrected chi connectivity index (χ0v) is 22.5. The minimum atomic E-state index is -0.946. The van der Waals surface area contributed by atoms with Crippen LogP contribution in [0.1, 0.15) is 33.9 Å². The first-order chi connectivity index (χ1) is 18.9. The van der Waals surface area contributed by atoms with Crippen LogP contribution in [0.3, 0.4) is 0 Å². The molecule has 0 aliphatic carbocycles. The minimum absolute atomic E-state index is 0.127. The van der Waals surface area contributed by atoms with Crippen LogP contribution in [0.25, 0.3) is 16.6 Å². The molecule has 2 aliphatic rings. The molecular weight excluding hydrogens is 539 g/mol. The molecule has 4 aromatic rings. The highest BCUT2D eigenvalue weighted by Gasteiger charge is 2.24. The molecule has 2 aliphatic heterocycles. The Bertz CT molecular complexity index is 1580. The largest absolute Gasteiger partial charge is 0.486 e. The van der Waals surface area contributed by atoms with Crippen molar-refractivity contribution in [3.63, 3.8) is 0 Å². The number of imidazole rings is 1. The Balaban J connectivity index is 1.16. The van der Waals surface area contributed by atoms with Gasteiger partial charge in [0.2, 0.25) is 0 Å². The van der Waals surface area contributed by atoms with Crippen molar-refractivity contribution in [2.45, 2.75) is 32.2 Å². The maximum atomic E-state index is 11.6. The maximum Gasteiger partial charge on any atom is 0.335 e. The number of pyridine rings is 1. The van der Waals surface area contributed by atoms with Crippen LogP contribution >= 0.6 is 23.2 Å². The van der Waals surface area contributed by atoms with E-state index in [1.807, 2.05) is 12.1 Å². The molecule has 1 atom stereocenters. The lowest BCUT2D eigenvalue weighted by molar-refractivity contribution is -0.0591. The first-order valence-corrected chi connectivity index (χ1v) is 13.5. The van der Waals surface area contributed by atoms with Gasteiger partial charge < -0.3 is 19.1 Å². The second-order valence-electron chi connectivity index (χ2n) is 9.73. The molecule has 2 aromatic carbocycles. The summed E-state index contributed by atoms with van der Waals surface area (Å²) in [5.41, 5.74) is 4.98. The number of hydrogen-bond acceptors (Lipinski definition) is 6. The number of carboxylic acid groups (broad SMARTS) is 1. The van der Waals surface area contributed by atoms with Crippen molar-refractivity contribution in [2.24, 2.45) is 0 Å². The van der Waals surface area contributed by atoms with Gasteiger partial charge in [0.25, 0.3) is 0 Å². The number of carboxylic acids is 1. The fourth-order valence-electron chi connectivity index (χ4n) is 4.90. The Morgan fingerprint density at radius 1 is 1.15 bits per heavy atom. The highest BCUT2D eigenvalue weighted by atomic mass is 35.5. The second kappa shape index (κ2) is 11.0. The maximum absolute atomic E-state index is 11.6. The fourth-order valence-corrected chi connectivity index (χ4v) is 5.36. The average Bonchev–Trinajstić information content (AvgIpc) is 3.50. The Morgan fingerprint density at radius 3 is 2.79 bits per heavy atom. The van der Waals surface area contributed by atoms with E-state index in [0.29, 0.717) is 28.9 Å². The van der Waals surface area contributed by atoms with Crippen molar-refractivity contribution in [1.29, 1.82) is 0 Å². The molecule has 0 saturated carbocycles. The van der Waals surface area contributed by atoms with Gasteiger partial charge in [-0.15, -0.1) is 0 Å². The molecule has 0 unspecified atom stereocenters. The first kappa shape index (κ1) is 25.8. The van der Waals surface area contributed by atoms with Crippen molar-refractivity contribution in [3.8, 4) is 5.75 Å². The third-order valence-electron chi connectivity index (χ3n) is 7.07. The van der Waals surface area contributed by atoms with Crippen LogP contribution in [0.4, 0.5) is 0 Å². The number of benzene rings is 2. The van der Waals surface area contributed by atoms with E-state index in [4.69, 9.17) is 37.7 Å². The van der Waals surface area contributed by atoms with Crippen molar-refractivity contribution in [2.75, 3.05) is 19.7 Å². The lowest BCUT2D eigenvalue weighted by Gasteiger charge is -2.28. The Kier molecular flexibility index (Phi) is 7.27. The van der Waals surface area contributed by atoms with Crippen LogP contribution in [0.2, 0.25) is 10.0 Å². The van der Waals surface area contributed by atoms with Crippen molar-refractivity contribution < 1.29 is 19.4 Å². The van der Waals surface area contributed by atoms with Gasteiger partial charge in [-0.1, -0.05) is 29.3 Å². The summed E-state index contributed by atoms with van der Waals surface area (Å²) in [6, 6.07) is 14.3. The molecule has 6 rings (SSSR count). The van der Waals surface area contributed by atoms with Gasteiger partial charge in [-0.05, 0) is 66.1 Å². The molecule has 39 heavy (non-hydrogen) atoms. The number of fused-ring (bicyclic) bond motifs is 1. The lowest BCUT2D eigenvalue weighted by atomic mass is 10.1. The summed E-state index contributed by atoms with van der Waals surface area (Å²) in [5.74, 6) is 0.518. The molecule has 200 valence electrons. The van der Waals surface area contributed by atoms with Crippen LogP contribution in [-0.4, -0.2) is 56.3 Å². The van der Waals surface area contributed by atoms with E-state index < -0.39 is 5.97 Å². The number of rotatable bonds is 9. The number of carbonyl (C=O) groups is 1. The molecule has 0 amide bonds. The van der Waals surface area contributed by atoms with E-state index in [9.17, 15) is 9.90 Å². The predicted molar refractivity (Wildman–Crippen MR) is 149 cm³/mol. The summed E-state index contributed by atoms with van der Waals surface area (Å²) in [5, 5.41) is 10.5. The topological polar surface area (TPSA) is 89.7 Å². The van der Waals surface area contributed by atoms with Gasteiger partial charge in [-0.3, -0.25) is 9.88 Å². The van der Waals surface area contributed by atoms with E-state index in [1.165, 1.54) is 5.57 Å². The zero-order valence-electron chi connectivity index (χ0n) is 21.0. The summed E-state index contributed by atoms with van der Waals surface area (Å²) in [6.45, 7) is 3.90. The van der Waals surface area contributed by atoms with Gasteiger partial charge in [-0.25, -0.2) is 9.78 Å². The average molecular weight is 565 g/mol. The van der Waals surface area contributed by atoms with Crippen LogP contribution in [0.5, 0.6) is 5.75 Å². The Labute approximate surface area is 235 Å². The van der Waals surface area contributed by atoms with Gasteiger partial charge in [0, 0.05) is 30.9 Å². The van der Waals surface area contributed by atoms with Crippen LogP contribution in [0.15, 0.2) is 60.8 Å². The Hall–Kier alpha value is -3.43. The van der Waals surface area contributed by atoms with Gasteiger partial charge in [0.05, 0.1) is 46.5 Å². The third-order valence-corrected chi connectivity index (χ3v) is 7.60. The van der Waals surface area contributed by atoms with E-state index >= 15 is 0 Å². The molecule has 1 N–H and O–H groups in total. The summed E-state index contributed by atoms with van der Waals surface area (Å²) >= 11 is 12.2. The molecule has 4 heterocycles. The minimum Gasteiger partial charge on any atom is -0.486 e. The quantitative estimate of drug-likeness (QED) is 0.278. The highest BCUT2D eigenvalue weighted by Crippen LogP contribution is 2.29. The molecule has 10 heteroatoms. The highest BCUT2D eigenvalue weighted by molar-refractivity contribution is 6.35. The molecule has 1 fully saturated rings. The molecular formula is C29H26Cl2N4O4. The SMILES string of the molecule is O=C(O)c1ccc2nc(CN3CC=C(c4ccnc(COc5ccc(Cl)cc5Cl)c4)C3)n(C[C@@H]3CCO3)c2c1. The van der Waals surface area contributed by atoms with Gasteiger partial charge in [0.15, 0.2) is 0 Å². The van der Waals surface area contributed by atoms with E-state index in [2.05, 4.69) is 20.5 Å². The summed E-state index contributed by atoms with van der Waals surface area (Å²) in [4.78, 5) is 23.2. The summed E-state index contributed by atoms with van der Waals surface area (Å²) in [6.07, 6.45) is 5.13. The first-order valence-electron chi connectivity index (χ1n) is 12.7. The zero-order chi connectivity index (χ0) is 26.9. The van der Waals surface area contributed by atoms with Crippen LogP contribution in [0, 0.1) is 0 Å².